The lowest BCUT2D eigenvalue weighted by atomic mass is 10.1. The van der Waals surface area contributed by atoms with Gasteiger partial charge in [-0.05, 0) is 49.2 Å². The lowest BCUT2D eigenvalue weighted by Crippen LogP contribution is -2.13. The van der Waals surface area contributed by atoms with Gasteiger partial charge in [-0.3, -0.25) is 4.72 Å². The van der Waals surface area contributed by atoms with Gasteiger partial charge in [-0.1, -0.05) is 18.2 Å². The van der Waals surface area contributed by atoms with Crippen LogP contribution in [-0.4, -0.2) is 13.4 Å². The van der Waals surface area contributed by atoms with Gasteiger partial charge in [0.25, 0.3) is 10.0 Å². The summed E-state index contributed by atoms with van der Waals surface area (Å²) in [7, 11) is -3.63. The van der Waals surface area contributed by atoms with E-state index < -0.39 is 10.0 Å². The Labute approximate surface area is 141 Å². The normalized spacial score (nSPS) is 11.5. The molecule has 0 fully saturated rings. The summed E-state index contributed by atoms with van der Waals surface area (Å²) in [4.78, 5) is 4.43. The lowest BCUT2D eigenvalue weighted by Gasteiger charge is -2.10. The van der Waals surface area contributed by atoms with Crippen molar-refractivity contribution >= 4 is 15.7 Å². The predicted molar refractivity (Wildman–Crippen MR) is 93.4 cm³/mol. The molecular weight excluding hydrogens is 324 g/mol. The second-order valence-electron chi connectivity index (χ2n) is 5.76. The van der Waals surface area contributed by atoms with Crippen molar-refractivity contribution in [3.63, 3.8) is 0 Å². The second-order valence-corrected chi connectivity index (χ2v) is 7.44. The van der Waals surface area contributed by atoms with Gasteiger partial charge < -0.3 is 4.42 Å². The molecule has 1 N–H and O–H groups in total. The summed E-state index contributed by atoms with van der Waals surface area (Å²) in [5.41, 5.74) is 4.05. The van der Waals surface area contributed by atoms with Crippen LogP contribution in [0.5, 0.6) is 0 Å². The number of aryl methyl sites for hydroxylation is 3. The monoisotopic (exact) mass is 342 g/mol. The van der Waals surface area contributed by atoms with Crippen LogP contribution in [-0.2, 0) is 10.0 Å². The van der Waals surface area contributed by atoms with Crippen LogP contribution < -0.4 is 4.72 Å². The number of aromatic nitrogens is 1. The van der Waals surface area contributed by atoms with Crippen molar-refractivity contribution in [2.75, 3.05) is 4.72 Å². The molecule has 0 bridgehead atoms. The first-order valence-corrected chi connectivity index (χ1v) is 8.95. The summed E-state index contributed by atoms with van der Waals surface area (Å²) >= 11 is 0. The highest BCUT2D eigenvalue weighted by atomic mass is 32.2. The van der Waals surface area contributed by atoms with Crippen LogP contribution in [0.25, 0.3) is 11.3 Å². The van der Waals surface area contributed by atoms with Crippen LogP contribution in [0.15, 0.2) is 58.0 Å². The fourth-order valence-corrected chi connectivity index (χ4v) is 3.59. The Kier molecular flexibility index (Phi) is 4.15. The smallest absolute Gasteiger partial charge is 0.261 e. The fourth-order valence-electron chi connectivity index (χ4n) is 2.55. The summed E-state index contributed by atoms with van der Waals surface area (Å²) in [5.74, 6) is 0.568. The van der Waals surface area contributed by atoms with E-state index in [1.54, 1.807) is 49.6 Å². The zero-order chi connectivity index (χ0) is 17.3. The first kappa shape index (κ1) is 16.3. The number of sulfonamides is 1. The zero-order valence-corrected chi connectivity index (χ0v) is 14.5. The van der Waals surface area contributed by atoms with E-state index in [-0.39, 0.29) is 4.90 Å². The number of hydrogen-bond acceptors (Lipinski definition) is 4. The molecule has 3 aromatic rings. The highest BCUT2D eigenvalue weighted by Crippen LogP contribution is 2.23. The van der Waals surface area contributed by atoms with Gasteiger partial charge in [-0.15, -0.1) is 0 Å². The maximum absolute atomic E-state index is 12.5. The van der Waals surface area contributed by atoms with E-state index in [2.05, 4.69) is 9.71 Å². The third kappa shape index (κ3) is 3.49. The summed E-state index contributed by atoms with van der Waals surface area (Å²) in [6.07, 6.45) is 1.55. The topological polar surface area (TPSA) is 72.2 Å². The van der Waals surface area contributed by atoms with E-state index in [4.69, 9.17) is 4.42 Å². The number of rotatable bonds is 4. The van der Waals surface area contributed by atoms with E-state index in [9.17, 15) is 8.42 Å². The molecule has 0 radical (unpaired) electrons. The van der Waals surface area contributed by atoms with Crippen molar-refractivity contribution in [1.82, 2.24) is 4.98 Å². The zero-order valence-electron chi connectivity index (χ0n) is 13.7. The van der Waals surface area contributed by atoms with Gasteiger partial charge in [0.1, 0.15) is 12.0 Å². The molecule has 24 heavy (non-hydrogen) atoms. The molecule has 0 aliphatic heterocycles. The molecule has 0 spiro atoms. The largest absolute Gasteiger partial charge is 0.449 e. The minimum absolute atomic E-state index is 0.200. The number of anilines is 1. The Morgan fingerprint density at radius 3 is 2.12 bits per heavy atom. The minimum Gasteiger partial charge on any atom is -0.449 e. The van der Waals surface area contributed by atoms with E-state index in [0.717, 1.165) is 16.7 Å². The Morgan fingerprint density at radius 2 is 1.58 bits per heavy atom. The SMILES string of the molecule is Cc1cc(C)cc(NS(=O)(=O)c2ccc(-c3coc(C)n3)cc2)c1. The van der Waals surface area contributed by atoms with Crippen molar-refractivity contribution in [3.05, 3.63) is 65.7 Å². The number of benzene rings is 2. The molecule has 0 unspecified atom stereocenters. The Hall–Kier alpha value is -2.60. The molecule has 0 saturated carbocycles. The predicted octanol–water partition coefficient (Wildman–Crippen LogP) is 4.07. The minimum atomic E-state index is -3.63. The Morgan fingerprint density at radius 1 is 0.958 bits per heavy atom. The van der Waals surface area contributed by atoms with Crippen molar-refractivity contribution < 1.29 is 12.8 Å². The first-order valence-electron chi connectivity index (χ1n) is 7.47. The van der Waals surface area contributed by atoms with E-state index >= 15 is 0 Å². The molecule has 5 nitrogen and oxygen atoms in total. The second kappa shape index (κ2) is 6.13. The molecule has 124 valence electrons. The van der Waals surface area contributed by atoms with Crippen molar-refractivity contribution in [3.8, 4) is 11.3 Å². The quantitative estimate of drug-likeness (QED) is 0.776. The van der Waals surface area contributed by atoms with Crippen LogP contribution in [0.2, 0.25) is 0 Å². The van der Waals surface area contributed by atoms with Crippen molar-refractivity contribution in [2.45, 2.75) is 25.7 Å². The third-order valence-electron chi connectivity index (χ3n) is 3.55. The Balaban J connectivity index is 1.87. The molecule has 2 aromatic carbocycles. The van der Waals surface area contributed by atoms with Gasteiger partial charge in [0.05, 0.1) is 4.90 Å². The molecule has 0 saturated heterocycles. The van der Waals surface area contributed by atoms with Gasteiger partial charge in [0, 0.05) is 18.2 Å². The van der Waals surface area contributed by atoms with Gasteiger partial charge in [0.15, 0.2) is 5.89 Å². The summed E-state index contributed by atoms with van der Waals surface area (Å²) in [6.45, 7) is 5.62. The van der Waals surface area contributed by atoms with Gasteiger partial charge in [0.2, 0.25) is 0 Å². The average molecular weight is 342 g/mol. The summed E-state index contributed by atoms with van der Waals surface area (Å²) in [6, 6.07) is 12.1. The molecule has 0 aliphatic carbocycles. The number of nitrogens with zero attached hydrogens (tertiary/aromatic N) is 1. The number of hydrogen-bond donors (Lipinski definition) is 1. The number of nitrogens with one attached hydrogen (secondary N) is 1. The van der Waals surface area contributed by atoms with E-state index in [1.165, 1.54) is 0 Å². The summed E-state index contributed by atoms with van der Waals surface area (Å²) in [5, 5.41) is 0. The molecule has 0 atom stereocenters. The van der Waals surface area contributed by atoms with Crippen LogP contribution in [0.4, 0.5) is 5.69 Å². The van der Waals surface area contributed by atoms with Gasteiger partial charge >= 0.3 is 0 Å². The molecule has 0 aliphatic rings. The maximum Gasteiger partial charge on any atom is 0.261 e. The van der Waals surface area contributed by atoms with Crippen molar-refractivity contribution in [1.29, 1.82) is 0 Å². The third-order valence-corrected chi connectivity index (χ3v) is 4.95. The van der Waals surface area contributed by atoms with E-state index in [1.807, 2.05) is 19.9 Å². The maximum atomic E-state index is 12.5. The Bertz CT molecular complexity index is 954. The van der Waals surface area contributed by atoms with Gasteiger partial charge in [-0.25, -0.2) is 13.4 Å². The molecular formula is C18H18N2O3S. The molecule has 6 heteroatoms. The first-order chi connectivity index (χ1) is 11.3. The standard InChI is InChI=1S/C18H18N2O3S/c1-12-8-13(2)10-16(9-12)20-24(21,22)17-6-4-15(5-7-17)18-11-23-14(3)19-18/h4-11,20H,1-3H3. The van der Waals surface area contributed by atoms with E-state index in [0.29, 0.717) is 17.3 Å². The molecule has 3 rings (SSSR count). The highest BCUT2D eigenvalue weighted by molar-refractivity contribution is 7.92. The van der Waals surface area contributed by atoms with Crippen molar-refractivity contribution in [2.24, 2.45) is 0 Å². The number of oxazole rings is 1. The lowest BCUT2D eigenvalue weighted by molar-refractivity contribution is 0.521. The fraction of sp³-hybridized carbons (Fsp3) is 0.167. The van der Waals surface area contributed by atoms with Crippen LogP contribution in [0.3, 0.4) is 0 Å². The molecule has 1 heterocycles. The summed E-state index contributed by atoms with van der Waals surface area (Å²) < 4.78 is 32.9. The van der Waals surface area contributed by atoms with Crippen LogP contribution in [0, 0.1) is 20.8 Å². The van der Waals surface area contributed by atoms with Crippen LogP contribution in [0.1, 0.15) is 17.0 Å². The van der Waals surface area contributed by atoms with Gasteiger partial charge in [-0.2, -0.15) is 0 Å². The molecule has 0 amide bonds. The van der Waals surface area contributed by atoms with Crippen LogP contribution >= 0.6 is 0 Å². The highest BCUT2D eigenvalue weighted by Gasteiger charge is 2.15. The molecule has 1 aromatic heterocycles. The average Bonchev–Trinajstić information content (AvgIpc) is 2.92.